The van der Waals surface area contributed by atoms with Gasteiger partial charge in [0.25, 0.3) is 0 Å². The number of fused-ring (bicyclic) bond motifs is 1. The van der Waals surface area contributed by atoms with E-state index in [2.05, 4.69) is 20.4 Å². The second kappa shape index (κ2) is 3.69. The number of carboxylic acids is 1. The minimum Gasteiger partial charge on any atom is -0.478 e. The molecule has 18 heavy (non-hydrogen) atoms. The van der Waals surface area contributed by atoms with Crippen molar-refractivity contribution < 1.29 is 9.90 Å². The van der Waals surface area contributed by atoms with Crippen molar-refractivity contribution in [3.8, 4) is 11.3 Å². The molecule has 0 aliphatic rings. The van der Waals surface area contributed by atoms with Crippen molar-refractivity contribution in [1.29, 1.82) is 0 Å². The highest BCUT2D eigenvalue weighted by Gasteiger charge is 2.16. The summed E-state index contributed by atoms with van der Waals surface area (Å²) in [6, 6.07) is 5.10. The van der Waals surface area contributed by atoms with Crippen molar-refractivity contribution in [3.05, 3.63) is 35.7 Å². The zero-order valence-corrected chi connectivity index (χ0v) is 9.56. The van der Waals surface area contributed by atoms with Gasteiger partial charge in [-0.15, -0.1) is 0 Å². The molecule has 6 heteroatoms. The van der Waals surface area contributed by atoms with Crippen molar-refractivity contribution in [1.82, 2.24) is 20.4 Å². The second-order valence-corrected chi connectivity index (χ2v) is 4.01. The minimum atomic E-state index is -0.972. The van der Waals surface area contributed by atoms with Crippen LogP contribution in [0.5, 0.6) is 0 Å². The van der Waals surface area contributed by atoms with Crippen molar-refractivity contribution in [2.24, 2.45) is 0 Å². The van der Waals surface area contributed by atoms with Gasteiger partial charge in [0.15, 0.2) is 0 Å². The van der Waals surface area contributed by atoms with Crippen LogP contribution in [0.4, 0.5) is 0 Å². The summed E-state index contributed by atoms with van der Waals surface area (Å²) in [5.74, 6) is -0.972. The van der Waals surface area contributed by atoms with E-state index in [9.17, 15) is 4.79 Å². The highest BCUT2D eigenvalue weighted by atomic mass is 16.4. The summed E-state index contributed by atoms with van der Waals surface area (Å²) in [7, 11) is 0. The zero-order valence-electron chi connectivity index (χ0n) is 9.56. The van der Waals surface area contributed by atoms with Gasteiger partial charge in [-0.3, -0.25) is 10.2 Å². The van der Waals surface area contributed by atoms with Crippen LogP contribution in [0.25, 0.3) is 22.2 Å². The molecule has 0 fully saturated rings. The van der Waals surface area contributed by atoms with E-state index in [-0.39, 0.29) is 5.56 Å². The predicted octanol–water partition coefficient (Wildman–Crippen LogP) is 1.96. The number of aromatic amines is 2. The largest absolute Gasteiger partial charge is 0.478 e. The Balaban J connectivity index is 2.31. The van der Waals surface area contributed by atoms with Gasteiger partial charge in [-0.25, -0.2) is 4.79 Å². The quantitative estimate of drug-likeness (QED) is 0.640. The number of benzene rings is 1. The molecule has 1 aromatic carbocycles. The number of aromatic carboxylic acids is 1. The molecule has 6 nitrogen and oxygen atoms in total. The fraction of sp³-hybridized carbons (Fsp3) is 0.0833. The first-order valence-corrected chi connectivity index (χ1v) is 5.39. The van der Waals surface area contributed by atoms with E-state index in [4.69, 9.17) is 5.11 Å². The average molecular weight is 242 g/mol. The molecule has 0 radical (unpaired) electrons. The Kier molecular flexibility index (Phi) is 2.16. The van der Waals surface area contributed by atoms with Gasteiger partial charge >= 0.3 is 5.97 Å². The molecule has 0 saturated carbocycles. The summed E-state index contributed by atoms with van der Waals surface area (Å²) in [6.07, 6.45) is 1.68. The molecule has 0 amide bonds. The first-order chi connectivity index (χ1) is 8.68. The van der Waals surface area contributed by atoms with Crippen LogP contribution in [-0.4, -0.2) is 31.5 Å². The topological polar surface area (TPSA) is 94.7 Å². The Bertz CT molecular complexity index is 741. The molecule has 3 rings (SSSR count). The van der Waals surface area contributed by atoms with Crippen LogP contribution in [0.15, 0.2) is 24.4 Å². The smallest absolute Gasteiger partial charge is 0.337 e. The third-order valence-corrected chi connectivity index (χ3v) is 2.91. The lowest BCUT2D eigenvalue weighted by molar-refractivity contribution is 0.0699. The molecule has 2 aromatic heterocycles. The maximum atomic E-state index is 11.1. The van der Waals surface area contributed by atoms with Crippen LogP contribution in [0, 0.1) is 6.92 Å². The number of H-pyrrole nitrogens is 2. The van der Waals surface area contributed by atoms with Crippen molar-refractivity contribution in [3.63, 3.8) is 0 Å². The molecule has 0 atom stereocenters. The van der Waals surface area contributed by atoms with Gasteiger partial charge in [-0.05, 0) is 13.0 Å². The molecular formula is C12H10N4O2. The van der Waals surface area contributed by atoms with Crippen molar-refractivity contribution >= 4 is 16.9 Å². The normalized spacial score (nSPS) is 10.9. The standard InChI is InChI=1S/C12H10N4O2/c1-6-9(5-13-14-6)11-7-3-2-4-8(12(17)18)10(7)15-16-11/h2-5H,1H3,(H,13,14)(H,15,16)(H,17,18). The minimum absolute atomic E-state index is 0.215. The first kappa shape index (κ1) is 10.5. The molecule has 0 aliphatic heterocycles. The molecule has 3 N–H and O–H groups in total. The zero-order chi connectivity index (χ0) is 12.7. The summed E-state index contributed by atoms with van der Waals surface area (Å²) in [6.45, 7) is 1.89. The fourth-order valence-corrected chi connectivity index (χ4v) is 2.02. The molecule has 2 heterocycles. The van der Waals surface area contributed by atoms with Crippen LogP contribution in [-0.2, 0) is 0 Å². The number of carbonyl (C=O) groups is 1. The average Bonchev–Trinajstić information content (AvgIpc) is 2.93. The number of rotatable bonds is 2. The highest BCUT2D eigenvalue weighted by Crippen LogP contribution is 2.29. The summed E-state index contributed by atoms with van der Waals surface area (Å²) in [4.78, 5) is 11.1. The van der Waals surface area contributed by atoms with Crippen molar-refractivity contribution in [2.45, 2.75) is 6.92 Å². The Labute approximate surface area is 102 Å². The van der Waals surface area contributed by atoms with Gasteiger partial charge in [0.2, 0.25) is 0 Å². The second-order valence-electron chi connectivity index (χ2n) is 4.01. The maximum Gasteiger partial charge on any atom is 0.337 e. The number of para-hydroxylation sites is 1. The van der Waals surface area contributed by atoms with Gasteiger partial charge in [0.1, 0.15) is 5.69 Å². The molecule has 90 valence electrons. The van der Waals surface area contributed by atoms with Crippen LogP contribution in [0.1, 0.15) is 16.1 Å². The lowest BCUT2D eigenvalue weighted by Crippen LogP contribution is -1.96. The van der Waals surface area contributed by atoms with E-state index < -0.39 is 5.97 Å². The molecular weight excluding hydrogens is 232 g/mol. The fourth-order valence-electron chi connectivity index (χ4n) is 2.02. The summed E-state index contributed by atoms with van der Waals surface area (Å²) >= 11 is 0. The van der Waals surface area contributed by atoms with E-state index >= 15 is 0 Å². The number of carboxylic acid groups (broad SMARTS) is 1. The van der Waals surface area contributed by atoms with Gasteiger partial charge in [-0.2, -0.15) is 10.2 Å². The Morgan fingerprint density at radius 1 is 1.33 bits per heavy atom. The lowest BCUT2D eigenvalue weighted by Gasteiger charge is -1.97. The van der Waals surface area contributed by atoms with E-state index in [1.807, 2.05) is 13.0 Å². The van der Waals surface area contributed by atoms with Crippen molar-refractivity contribution in [2.75, 3.05) is 0 Å². The summed E-state index contributed by atoms with van der Waals surface area (Å²) in [5, 5.41) is 23.6. The molecule has 0 bridgehead atoms. The molecule has 0 aliphatic carbocycles. The van der Waals surface area contributed by atoms with E-state index in [0.717, 1.165) is 16.6 Å². The van der Waals surface area contributed by atoms with E-state index in [1.54, 1.807) is 18.3 Å². The highest BCUT2D eigenvalue weighted by molar-refractivity contribution is 6.05. The summed E-state index contributed by atoms with van der Waals surface area (Å²) in [5.41, 5.74) is 3.21. The molecule has 0 spiro atoms. The van der Waals surface area contributed by atoms with Crippen LogP contribution >= 0.6 is 0 Å². The number of nitrogens with zero attached hydrogens (tertiary/aromatic N) is 2. The van der Waals surface area contributed by atoms with Crippen LogP contribution in [0.3, 0.4) is 0 Å². The van der Waals surface area contributed by atoms with E-state index in [1.165, 1.54) is 0 Å². The Morgan fingerprint density at radius 2 is 2.17 bits per heavy atom. The van der Waals surface area contributed by atoms with Gasteiger partial charge in [0, 0.05) is 16.6 Å². The van der Waals surface area contributed by atoms with Crippen LogP contribution < -0.4 is 0 Å². The van der Waals surface area contributed by atoms with Crippen LogP contribution in [0.2, 0.25) is 0 Å². The summed E-state index contributed by atoms with van der Waals surface area (Å²) < 4.78 is 0. The Morgan fingerprint density at radius 3 is 2.83 bits per heavy atom. The number of hydrogen-bond acceptors (Lipinski definition) is 3. The molecule has 3 aromatic rings. The lowest BCUT2D eigenvalue weighted by atomic mass is 10.1. The number of aromatic nitrogens is 4. The number of hydrogen-bond donors (Lipinski definition) is 3. The number of nitrogens with one attached hydrogen (secondary N) is 2. The maximum absolute atomic E-state index is 11.1. The Hall–Kier alpha value is -2.63. The third kappa shape index (κ3) is 1.39. The predicted molar refractivity (Wildman–Crippen MR) is 65.4 cm³/mol. The first-order valence-electron chi connectivity index (χ1n) is 5.39. The SMILES string of the molecule is Cc1[nH]ncc1-c1n[nH]c2c(C(=O)O)cccc12. The van der Waals surface area contributed by atoms with E-state index in [0.29, 0.717) is 11.2 Å². The van der Waals surface area contributed by atoms with Gasteiger partial charge < -0.3 is 5.11 Å². The third-order valence-electron chi connectivity index (χ3n) is 2.91. The van der Waals surface area contributed by atoms with Gasteiger partial charge in [-0.1, -0.05) is 12.1 Å². The monoisotopic (exact) mass is 242 g/mol. The molecule has 0 saturated heterocycles. The van der Waals surface area contributed by atoms with Gasteiger partial charge in [0.05, 0.1) is 17.3 Å². The molecule has 0 unspecified atom stereocenters. The number of aryl methyl sites for hydroxylation is 1.